The first kappa shape index (κ1) is 12.9. The van der Waals surface area contributed by atoms with E-state index in [0.717, 1.165) is 0 Å². The summed E-state index contributed by atoms with van der Waals surface area (Å²) >= 11 is 0. The molecule has 0 saturated carbocycles. The first-order valence-electron chi connectivity index (χ1n) is 5.63. The lowest BCUT2D eigenvalue weighted by molar-refractivity contribution is 0.0587. The number of carbonyl (C=O) groups is 1. The van der Waals surface area contributed by atoms with Gasteiger partial charge in [0, 0.05) is 26.1 Å². The molecule has 0 saturated heterocycles. The Labute approximate surface area is 109 Å². The van der Waals surface area contributed by atoms with Crippen molar-refractivity contribution in [1.29, 1.82) is 0 Å². The van der Waals surface area contributed by atoms with E-state index < -0.39 is 5.97 Å². The SMILES string of the molecule is COC(=O)c1nccc(NCCc2noc(C)n2)n1. The molecular formula is C11H13N5O3. The van der Waals surface area contributed by atoms with Crippen LogP contribution in [0.4, 0.5) is 5.82 Å². The maximum absolute atomic E-state index is 11.3. The number of nitrogens with one attached hydrogen (secondary N) is 1. The Balaban J connectivity index is 1.90. The summed E-state index contributed by atoms with van der Waals surface area (Å²) in [6.07, 6.45) is 2.08. The minimum absolute atomic E-state index is 0.0166. The molecule has 2 rings (SSSR count). The van der Waals surface area contributed by atoms with Gasteiger partial charge < -0.3 is 14.6 Å². The fourth-order valence-electron chi connectivity index (χ4n) is 1.39. The van der Waals surface area contributed by atoms with E-state index in [4.69, 9.17) is 4.52 Å². The highest BCUT2D eigenvalue weighted by Crippen LogP contribution is 2.03. The lowest BCUT2D eigenvalue weighted by Gasteiger charge is -2.04. The van der Waals surface area contributed by atoms with Crippen molar-refractivity contribution >= 4 is 11.8 Å². The summed E-state index contributed by atoms with van der Waals surface area (Å²) in [4.78, 5) is 23.2. The molecule has 0 aliphatic carbocycles. The quantitative estimate of drug-likeness (QED) is 0.782. The molecule has 0 fully saturated rings. The lowest BCUT2D eigenvalue weighted by Crippen LogP contribution is -2.11. The normalized spacial score (nSPS) is 10.2. The van der Waals surface area contributed by atoms with Crippen LogP contribution in [0, 0.1) is 6.92 Å². The van der Waals surface area contributed by atoms with Gasteiger partial charge in [-0.25, -0.2) is 14.8 Å². The summed E-state index contributed by atoms with van der Waals surface area (Å²) in [6, 6.07) is 1.66. The molecule has 2 aromatic heterocycles. The molecule has 0 bridgehead atoms. The predicted octanol–water partition coefficient (Wildman–Crippen LogP) is 0.609. The van der Waals surface area contributed by atoms with Crippen molar-refractivity contribution in [2.75, 3.05) is 19.0 Å². The van der Waals surface area contributed by atoms with Crippen molar-refractivity contribution in [3.8, 4) is 0 Å². The number of rotatable bonds is 5. The van der Waals surface area contributed by atoms with Crippen LogP contribution in [0.15, 0.2) is 16.8 Å². The topological polar surface area (TPSA) is 103 Å². The van der Waals surface area contributed by atoms with Crippen LogP contribution in [-0.4, -0.2) is 39.7 Å². The summed E-state index contributed by atoms with van der Waals surface area (Å²) in [5.41, 5.74) is 0. The van der Waals surface area contributed by atoms with Crippen molar-refractivity contribution in [3.05, 3.63) is 29.8 Å². The lowest BCUT2D eigenvalue weighted by atomic mass is 10.4. The van der Waals surface area contributed by atoms with E-state index in [-0.39, 0.29) is 5.82 Å². The Morgan fingerprint density at radius 1 is 1.47 bits per heavy atom. The number of aromatic nitrogens is 4. The third kappa shape index (κ3) is 3.47. The maximum atomic E-state index is 11.3. The van der Waals surface area contributed by atoms with Gasteiger partial charge in [-0.3, -0.25) is 0 Å². The van der Waals surface area contributed by atoms with Gasteiger partial charge in [-0.2, -0.15) is 4.98 Å². The molecule has 19 heavy (non-hydrogen) atoms. The molecule has 0 aromatic carbocycles. The van der Waals surface area contributed by atoms with Gasteiger partial charge in [0.25, 0.3) is 0 Å². The molecule has 2 heterocycles. The maximum Gasteiger partial charge on any atom is 0.376 e. The fraction of sp³-hybridized carbons (Fsp3) is 0.364. The third-order valence-electron chi connectivity index (χ3n) is 2.25. The van der Waals surface area contributed by atoms with Crippen LogP contribution in [0.2, 0.25) is 0 Å². The number of carbonyl (C=O) groups excluding carboxylic acids is 1. The number of anilines is 1. The van der Waals surface area contributed by atoms with Crippen LogP contribution in [0.3, 0.4) is 0 Å². The van der Waals surface area contributed by atoms with Crippen molar-refractivity contribution in [2.24, 2.45) is 0 Å². The molecule has 0 aliphatic heterocycles. The number of hydrogen-bond acceptors (Lipinski definition) is 8. The largest absolute Gasteiger partial charge is 0.463 e. The number of esters is 1. The van der Waals surface area contributed by atoms with Gasteiger partial charge in [0.1, 0.15) is 5.82 Å². The molecule has 0 amide bonds. The van der Waals surface area contributed by atoms with Crippen molar-refractivity contribution in [3.63, 3.8) is 0 Å². The summed E-state index contributed by atoms with van der Waals surface area (Å²) in [5.74, 6) is 1.13. The van der Waals surface area contributed by atoms with E-state index >= 15 is 0 Å². The number of hydrogen-bond donors (Lipinski definition) is 1. The van der Waals surface area contributed by atoms with E-state index in [9.17, 15) is 4.79 Å². The summed E-state index contributed by atoms with van der Waals surface area (Å²) < 4.78 is 9.40. The second-order valence-electron chi connectivity index (χ2n) is 3.66. The van der Waals surface area contributed by atoms with Gasteiger partial charge in [0.05, 0.1) is 7.11 Å². The Morgan fingerprint density at radius 3 is 3.00 bits per heavy atom. The summed E-state index contributed by atoms with van der Waals surface area (Å²) in [5, 5.41) is 6.81. The zero-order valence-corrected chi connectivity index (χ0v) is 10.6. The Morgan fingerprint density at radius 2 is 2.32 bits per heavy atom. The molecule has 0 spiro atoms. The molecule has 1 N–H and O–H groups in total. The van der Waals surface area contributed by atoms with Gasteiger partial charge in [-0.1, -0.05) is 5.16 Å². The van der Waals surface area contributed by atoms with E-state index in [1.165, 1.54) is 13.3 Å². The van der Waals surface area contributed by atoms with Gasteiger partial charge >= 0.3 is 5.97 Å². The van der Waals surface area contributed by atoms with Gasteiger partial charge in [0.15, 0.2) is 5.82 Å². The standard InChI is InChI=1S/C11H13N5O3/c1-7-14-9(16-19-7)4-5-12-8-3-6-13-10(15-8)11(17)18-2/h3,6H,4-5H2,1-2H3,(H,12,13,15). The van der Waals surface area contributed by atoms with E-state index in [0.29, 0.717) is 30.5 Å². The molecule has 0 radical (unpaired) electrons. The van der Waals surface area contributed by atoms with Crippen molar-refractivity contribution in [2.45, 2.75) is 13.3 Å². The average molecular weight is 263 g/mol. The molecule has 2 aromatic rings. The zero-order valence-electron chi connectivity index (χ0n) is 10.6. The number of nitrogens with zero attached hydrogens (tertiary/aromatic N) is 4. The van der Waals surface area contributed by atoms with Gasteiger partial charge in [-0.05, 0) is 6.07 Å². The highest BCUT2D eigenvalue weighted by atomic mass is 16.5. The third-order valence-corrected chi connectivity index (χ3v) is 2.25. The number of aryl methyl sites for hydroxylation is 1. The Hall–Kier alpha value is -2.51. The highest BCUT2D eigenvalue weighted by molar-refractivity contribution is 5.85. The van der Waals surface area contributed by atoms with Crippen molar-refractivity contribution in [1.82, 2.24) is 20.1 Å². The summed E-state index contributed by atoms with van der Waals surface area (Å²) in [7, 11) is 1.28. The van der Waals surface area contributed by atoms with Crippen molar-refractivity contribution < 1.29 is 14.1 Å². The second-order valence-corrected chi connectivity index (χ2v) is 3.66. The molecule has 0 atom stereocenters. The first-order chi connectivity index (χ1) is 9.19. The second kappa shape index (κ2) is 5.89. The average Bonchev–Trinajstić information content (AvgIpc) is 2.84. The first-order valence-corrected chi connectivity index (χ1v) is 5.63. The van der Waals surface area contributed by atoms with E-state index in [1.807, 2.05) is 0 Å². The van der Waals surface area contributed by atoms with Crippen LogP contribution in [-0.2, 0) is 11.2 Å². The van der Waals surface area contributed by atoms with E-state index in [2.05, 4.69) is 30.2 Å². The van der Waals surface area contributed by atoms with Crippen LogP contribution in [0.25, 0.3) is 0 Å². The fourth-order valence-corrected chi connectivity index (χ4v) is 1.39. The van der Waals surface area contributed by atoms with Crippen LogP contribution in [0.1, 0.15) is 22.3 Å². The zero-order chi connectivity index (χ0) is 13.7. The minimum atomic E-state index is -0.572. The highest BCUT2D eigenvalue weighted by Gasteiger charge is 2.09. The van der Waals surface area contributed by atoms with Crippen LogP contribution in [0.5, 0.6) is 0 Å². The number of ether oxygens (including phenoxy) is 1. The molecule has 8 nitrogen and oxygen atoms in total. The molecule has 100 valence electrons. The Bertz CT molecular complexity index is 569. The smallest absolute Gasteiger partial charge is 0.376 e. The van der Waals surface area contributed by atoms with E-state index in [1.54, 1.807) is 13.0 Å². The predicted molar refractivity (Wildman–Crippen MR) is 64.6 cm³/mol. The molecule has 8 heteroatoms. The van der Waals surface area contributed by atoms with Gasteiger partial charge in [0.2, 0.25) is 11.7 Å². The molecule has 0 unspecified atom stereocenters. The molecule has 0 aliphatic rings. The van der Waals surface area contributed by atoms with Crippen LogP contribution < -0.4 is 5.32 Å². The molecular weight excluding hydrogens is 250 g/mol. The minimum Gasteiger partial charge on any atom is -0.463 e. The van der Waals surface area contributed by atoms with Gasteiger partial charge in [-0.15, -0.1) is 0 Å². The van der Waals surface area contributed by atoms with Crippen LogP contribution >= 0.6 is 0 Å². The number of methoxy groups -OCH3 is 1. The Kier molecular flexibility index (Phi) is 4.01. The summed E-state index contributed by atoms with van der Waals surface area (Å²) in [6.45, 7) is 2.30. The monoisotopic (exact) mass is 263 g/mol.